The molecule has 3 N–H and O–H groups in total. The van der Waals surface area contributed by atoms with Gasteiger partial charge in [0.1, 0.15) is 6.10 Å². The molecular weight excluding hydrogens is 164 g/mol. The van der Waals surface area contributed by atoms with Gasteiger partial charge in [0.15, 0.2) is 0 Å². The Morgan fingerprint density at radius 1 is 1.50 bits per heavy atom. The first-order chi connectivity index (χ1) is 4.09. The molecule has 5 heteroatoms. The maximum Gasteiger partial charge on any atom is 0.265 e. The lowest BCUT2D eigenvalue weighted by Gasteiger charge is -2.14. The molecule has 0 aliphatic carbocycles. The normalized spacial score (nSPS) is 16.2. The monoisotopic (exact) mass is 175 g/mol. The van der Waals surface area contributed by atoms with E-state index in [1.807, 2.05) is 0 Å². The second-order valence-electron chi connectivity index (χ2n) is 1.90. The first-order valence-corrected chi connectivity index (χ1v) is 2.81. The Morgan fingerprint density at radius 2 is 1.90 bits per heavy atom. The molecule has 10 heavy (non-hydrogen) atoms. The van der Waals surface area contributed by atoms with Crippen molar-refractivity contribution in [1.82, 2.24) is 0 Å². The van der Waals surface area contributed by atoms with Gasteiger partial charge in [0, 0.05) is 6.04 Å². The predicted octanol–water partition coefficient (Wildman–Crippen LogP) is 0.772. The molecule has 0 aliphatic heterocycles. The zero-order valence-electron chi connectivity index (χ0n) is 5.63. The second kappa shape index (κ2) is 5.82. The molecule has 0 saturated heterocycles. The minimum absolute atomic E-state index is 0. The van der Waals surface area contributed by atoms with Crippen LogP contribution in [0.5, 0.6) is 0 Å². The van der Waals surface area contributed by atoms with Gasteiger partial charge in [-0.2, -0.15) is 0 Å². The standard InChI is InChI=1S/C5H11F2NO.ClH/c1-2-3(8)4(9)5(6)7;/h3-5,9H,2,8H2,1H3;1H. The number of hydrogen-bond acceptors (Lipinski definition) is 2. The molecule has 0 aliphatic rings. The summed E-state index contributed by atoms with van der Waals surface area (Å²) in [6.07, 6.45) is -4.03. The van der Waals surface area contributed by atoms with Crippen molar-refractivity contribution in [3.8, 4) is 0 Å². The van der Waals surface area contributed by atoms with Crippen molar-refractivity contribution in [2.75, 3.05) is 0 Å². The van der Waals surface area contributed by atoms with Gasteiger partial charge in [0.05, 0.1) is 0 Å². The molecule has 2 atom stereocenters. The van der Waals surface area contributed by atoms with Crippen LogP contribution < -0.4 is 5.73 Å². The van der Waals surface area contributed by atoms with Crippen LogP contribution in [0.3, 0.4) is 0 Å². The van der Waals surface area contributed by atoms with Gasteiger partial charge in [-0.25, -0.2) is 8.78 Å². The first-order valence-electron chi connectivity index (χ1n) is 2.81. The predicted molar refractivity (Wildman–Crippen MR) is 37.5 cm³/mol. The summed E-state index contributed by atoms with van der Waals surface area (Å²) in [6.45, 7) is 1.65. The van der Waals surface area contributed by atoms with Crippen LogP contribution in [-0.2, 0) is 0 Å². The Labute approximate surface area is 64.8 Å². The zero-order chi connectivity index (χ0) is 7.44. The topological polar surface area (TPSA) is 46.2 Å². The van der Waals surface area contributed by atoms with E-state index in [4.69, 9.17) is 10.8 Å². The highest BCUT2D eigenvalue weighted by molar-refractivity contribution is 5.85. The summed E-state index contributed by atoms with van der Waals surface area (Å²) in [5, 5.41) is 8.52. The molecule has 64 valence electrons. The van der Waals surface area contributed by atoms with E-state index in [0.717, 1.165) is 0 Å². The summed E-state index contributed by atoms with van der Waals surface area (Å²) in [5.41, 5.74) is 5.09. The van der Waals surface area contributed by atoms with Crippen molar-refractivity contribution in [2.45, 2.75) is 31.9 Å². The van der Waals surface area contributed by atoms with Crippen molar-refractivity contribution < 1.29 is 13.9 Å². The Bertz CT molecular complexity index is 84.0. The van der Waals surface area contributed by atoms with E-state index in [-0.39, 0.29) is 12.4 Å². The number of halogens is 3. The number of alkyl halides is 2. The van der Waals surface area contributed by atoms with E-state index in [2.05, 4.69) is 0 Å². The van der Waals surface area contributed by atoms with Gasteiger partial charge < -0.3 is 10.8 Å². The highest BCUT2D eigenvalue weighted by atomic mass is 35.5. The largest absolute Gasteiger partial charge is 0.386 e. The molecule has 2 unspecified atom stereocenters. The Kier molecular flexibility index (Phi) is 7.41. The third-order valence-corrected chi connectivity index (χ3v) is 1.17. The van der Waals surface area contributed by atoms with Crippen LogP contribution in [-0.4, -0.2) is 23.7 Å². The van der Waals surface area contributed by atoms with Crippen molar-refractivity contribution in [2.24, 2.45) is 5.73 Å². The maximum absolute atomic E-state index is 11.5. The summed E-state index contributed by atoms with van der Waals surface area (Å²) in [4.78, 5) is 0. The molecule has 2 nitrogen and oxygen atoms in total. The van der Waals surface area contributed by atoms with Crippen molar-refractivity contribution in [3.63, 3.8) is 0 Å². The molecule has 0 rings (SSSR count). The van der Waals surface area contributed by atoms with Crippen molar-refractivity contribution >= 4 is 12.4 Å². The van der Waals surface area contributed by atoms with E-state index in [9.17, 15) is 8.78 Å². The molecule has 0 heterocycles. The lowest BCUT2D eigenvalue weighted by Crippen LogP contribution is -2.38. The molecule has 0 aromatic carbocycles. The fraction of sp³-hybridized carbons (Fsp3) is 1.00. The van der Waals surface area contributed by atoms with Gasteiger partial charge in [-0.15, -0.1) is 12.4 Å². The molecule has 0 fully saturated rings. The summed E-state index contributed by atoms with van der Waals surface area (Å²) >= 11 is 0. The zero-order valence-corrected chi connectivity index (χ0v) is 6.44. The van der Waals surface area contributed by atoms with E-state index in [1.54, 1.807) is 6.92 Å². The van der Waals surface area contributed by atoms with Gasteiger partial charge >= 0.3 is 0 Å². The molecule has 0 radical (unpaired) electrons. The van der Waals surface area contributed by atoms with Gasteiger partial charge in [0.25, 0.3) is 6.43 Å². The fourth-order valence-electron chi connectivity index (χ4n) is 0.428. The molecule has 0 saturated carbocycles. The summed E-state index contributed by atoms with van der Waals surface area (Å²) in [7, 11) is 0. The molecule has 0 bridgehead atoms. The molecule has 0 aromatic rings. The van der Waals surface area contributed by atoms with E-state index < -0.39 is 18.6 Å². The van der Waals surface area contributed by atoms with Crippen molar-refractivity contribution in [1.29, 1.82) is 0 Å². The highest BCUT2D eigenvalue weighted by Gasteiger charge is 2.22. The Hall–Kier alpha value is 0.0700. The number of aliphatic hydroxyl groups is 1. The van der Waals surface area contributed by atoms with Gasteiger partial charge in [-0.3, -0.25) is 0 Å². The molecule has 0 aromatic heterocycles. The van der Waals surface area contributed by atoms with Crippen LogP contribution >= 0.6 is 12.4 Å². The van der Waals surface area contributed by atoms with Crippen LogP contribution in [0.2, 0.25) is 0 Å². The molecule has 0 amide bonds. The quantitative estimate of drug-likeness (QED) is 0.666. The number of aliphatic hydroxyl groups excluding tert-OH is 1. The second-order valence-corrected chi connectivity index (χ2v) is 1.90. The molecule has 0 spiro atoms. The van der Waals surface area contributed by atoms with E-state index in [1.165, 1.54) is 0 Å². The van der Waals surface area contributed by atoms with Crippen LogP contribution in [0.15, 0.2) is 0 Å². The SMILES string of the molecule is CCC(N)C(O)C(F)F.Cl. The van der Waals surface area contributed by atoms with Crippen molar-refractivity contribution in [3.05, 3.63) is 0 Å². The fourth-order valence-corrected chi connectivity index (χ4v) is 0.428. The average molecular weight is 176 g/mol. The highest BCUT2D eigenvalue weighted by Crippen LogP contribution is 2.05. The smallest absolute Gasteiger partial charge is 0.265 e. The molecular formula is C5H12ClF2NO. The minimum Gasteiger partial charge on any atom is -0.386 e. The maximum atomic E-state index is 11.5. The summed E-state index contributed by atoms with van der Waals surface area (Å²) in [6, 6.07) is -0.801. The first kappa shape index (κ1) is 12.7. The van der Waals surface area contributed by atoms with Gasteiger partial charge in [-0.05, 0) is 6.42 Å². The van der Waals surface area contributed by atoms with Crippen LogP contribution in [0.1, 0.15) is 13.3 Å². The summed E-state index contributed by atoms with van der Waals surface area (Å²) < 4.78 is 23.1. The Morgan fingerprint density at radius 3 is 2.00 bits per heavy atom. The third kappa shape index (κ3) is 3.98. The van der Waals surface area contributed by atoms with Crippen LogP contribution in [0.4, 0.5) is 8.78 Å². The van der Waals surface area contributed by atoms with Gasteiger partial charge in [0.2, 0.25) is 0 Å². The lowest BCUT2D eigenvalue weighted by molar-refractivity contribution is -0.0191. The van der Waals surface area contributed by atoms with Crippen LogP contribution in [0, 0.1) is 0 Å². The number of rotatable bonds is 3. The average Bonchev–Trinajstić information content (AvgIpc) is 1.84. The van der Waals surface area contributed by atoms with Gasteiger partial charge in [-0.1, -0.05) is 6.92 Å². The lowest BCUT2D eigenvalue weighted by atomic mass is 10.1. The van der Waals surface area contributed by atoms with E-state index in [0.29, 0.717) is 6.42 Å². The van der Waals surface area contributed by atoms with Crippen LogP contribution in [0.25, 0.3) is 0 Å². The minimum atomic E-state index is -2.72. The number of nitrogens with two attached hydrogens (primary N) is 1. The third-order valence-electron chi connectivity index (χ3n) is 1.17. The number of hydrogen-bond donors (Lipinski definition) is 2. The Balaban J connectivity index is 0. The summed E-state index contributed by atoms with van der Waals surface area (Å²) in [5.74, 6) is 0. The van der Waals surface area contributed by atoms with E-state index >= 15 is 0 Å².